The Morgan fingerprint density at radius 1 is 1.18 bits per heavy atom. The lowest BCUT2D eigenvalue weighted by molar-refractivity contribution is 0.550. The van der Waals surface area contributed by atoms with Gasteiger partial charge in [0, 0.05) is 0 Å². The van der Waals surface area contributed by atoms with E-state index in [1.807, 2.05) is 6.07 Å². The Balaban J connectivity index is 3.02. The van der Waals surface area contributed by atoms with Gasteiger partial charge in [-0.25, -0.2) is 0 Å². The normalized spacial score (nSPS) is 11.1. The van der Waals surface area contributed by atoms with Crippen LogP contribution in [0.3, 0.4) is 0 Å². The molecule has 0 saturated heterocycles. The van der Waals surface area contributed by atoms with Crippen molar-refractivity contribution in [2.75, 3.05) is 0 Å². The molecule has 0 unspecified atom stereocenters. The predicted octanol–water partition coefficient (Wildman–Crippen LogP) is 2.43. The zero-order chi connectivity index (χ0) is 8.32. The lowest BCUT2D eigenvalue weighted by Gasteiger charge is -2.09. The molecule has 1 nitrogen and oxygen atoms in total. The van der Waals surface area contributed by atoms with E-state index in [0.717, 1.165) is 0 Å². The van der Waals surface area contributed by atoms with Crippen molar-refractivity contribution in [2.24, 2.45) is 0 Å². The van der Waals surface area contributed by atoms with E-state index in [0.29, 0.717) is 5.56 Å². The first-order valence-corrected chi connectivity index (χ1v) is 3.75. The van der Waals surface area contributed by atoms with Crippen molar-refractivity contribution in [3.63, 3.8) is 0 Å². The van der Waals surface area contributed by atoms with Gasteiger partial charge in [0.2, 0.25) is 10.6 Å². The maximum atomic E-state index is 10.2. The van der Waals surface area contributed by atoms with Gasteiger partial charge in [-0.1, -0.05) is 53.5 Å². The SMILES string of the molecule is O=[C]C(Cl)(Cl)c1ccccc1. The standard InChI is InChI=1S/C8H5Cl2O/c9-8(10,6-11)7-4-2-1-3-5-7/h1-5H. The zero-order valence-corrected chi connectivity index (χ0v) is 7.06. The van der Waals surface area contributed by atoms with Gasteiger partial charge in [0.05, 0.1) is 0 Å². The number of rotatable bonds is 2. The number of hydrogen-bond acceptors (Lipinski definition) is 1. The van der Waals surface area contributed by atoms with Crippen molar-refractivity contribution in [3.8, 4) is 0 Å². The topological polar surface area (TPSA) is 17.1 Å². The fraction of sp³-hybridized carbons (Fsp3) is 0.125. The lowest BCUT2D eigenvalue weighted by Crippen LogP contribution is -2.10. The summed E-state index contributed by atoms with van der Waals surface area (Å²) in [4.78, 5) is 10.2. The first kappa shape index (κ1) is 8.57. The highest BCUT2D eigenvalue weighted by Gasteiger charge is 2.26. The highest BCUT2D eigenvalue weighted by molar-refractivity contribution is 6.55. The average molecular weight is 188 g/mol. The van der Waals surface area contributed by atoms with E-state index in [-0.39, 0.29) is 0 Å². The average Bonchev–Trinajstić information content (AvgIpc) is 2.06. The molecule has 0 spiro atoms. The van der Waals surface area contributed by atoms with Gasteiger partial charge in [-0.3, -0.25) is 4.79 Å². The number of alkyl halides is 2. The molecule has 11 heavy (non-hydrogen) atoms. The van der Waals surface area contributed by atoms with Gasteiger partial charge in [0.25, 0.3) is 0 Å². The first-order chi connectivity index (χ1) is 5.17. The second-order valence-electron chi connectivity index (χ2n) is 2.04. The number of carbonyl (C=O) groups excluding carboxylic acids is 1. The van der Waals surface area contributed by atoms with Crippen molar-refractivity contribution in [1.29, 1.82) is 0 Å². The Kier molecular flexibility index (Phi) is 2.53. The van der Waals surface area contributed by atoms with Gasteiger partial charge in [-0.2, -0.15) is 0 Å². The van der Waals surface area contributed by atoms with Gasteiger partial charge in [0.1, 0.15) is 0 Å². The van der Waals surface area contributed by atoms with Crippen LogP contribution in [-0.4, -0.2) is 6.29 Å². The number of hydrogen-bond donors (Lipinski definition) is 0. The number of halogens is 2. The Morgan fingerprint density at radius 2 is 1.73 bits per heavy atom. The van der Waals surface area contributed by atoms with E-state index in [1.54, 1.807) is 24.3 Å². The molecular weight excluding hydrogens is 183 g/mol. The van der Waals surface area contributed by atoms with Gasteiger partial charge in [0.15, 0.2) is 0 Å². The molecule has 1 aromatic rings. The smallest absolute Gasteiger partial charge is 0.242 e. The van der Waals surface area contributed by atoms with Gasteiger partial charge >= 0.3 is 0 Å². The van der Waals surface area contributed by atoms with Gasteiger partial charge < -0.3 is 0 Å². The third-order valence-corrected chi connectivity index (χ3v) is 1.86. The van der Waals surface area contributed by atoms with Gasteiger partial charge in [-0.05, 0) is 5.56 Å². The summed E-state index contributed by atoms with van der Waals surface area (Å²) in [6.45, 7) is 0. The third-order valence-electron chi connectivity index (χ3n) is 1.26. The monoisotopic (exact) mass is 187 g/mol. The van der Waals surface area contributed by atoms with E-state index >= 15 is 0 Å². The van der Waals surface area contributed by atoms with Crippen LogP contribution in [0.2, 0.25) is 0 Å². The minimum absolute atomic E-state index is 0.540. The molecule has 0 aromatic heterocycles. The maximum Gasteiger partial charge on any atom is 0.242 e. The van der Waals surface area contributed by atoms with Crippen molar-refractivity contribution >= 4 is 29.5 Å². The van der Waals surface area contributed by atoms with Crippen LogP contribution in [0.1, 0.15) is 5.56 Å². The van der Waals surface area contributed by atoms with Crippen LogP contribution in [0, 0.1) is 0 Å². The molecule has 0 atom stereocenters. The van der Waals surface area contributed by atoms with Crippen molar-refractivity contribution in [3.05, 3.63) is 35.9 Å². The molecule has 0 aliphatic heterocycles. The fourth-order valence-electron chi connectivity index (χ4n) is 0.706. The summed E-state index contributed by atoms with van der Waals surface area (Å²) in [5, 5.41) is 0. The molecule has 1 rings (SSSR count). The van der Waals surface area contributed by atoms with Crippen LogP contribution in [0.4, 0.5) is 0 Å². The van der Waals surface area contributed by atoms with E-state index in [4.69, 9.17) is 23.2 Å². The maximum absolute atomic E-state index is 10.2. The van der Waals surface area contributed by atoms with Gasteiger partial charge in [-0.15, -0.1) is 0 Å². The quantitative estimate of drug-likeness (QED) is 0.651. The highest BCUT2D eigenvalue weighted by atomic mass is 35.5. The summed E-state index contributed by atoms with van der Waals surface area (Å²) < 4.78 is -1.53. The van der Waals surface area contributed by atoms with E-state index in [1.165, 1.54) is 6.29 Å². The molecular formula is C8H5Cl2O. The van der Waals surface area contributed by atoms with Crippen LogP contribution in [0.15, 0.2) is 30.3 Å². The molecule has 0 fully saturated rings. The van der Waals surface area contributed by atoms with Crippen molar-refractivity contribution < 1.29 is 4.79 Å². The molecule has 0 bridgehead atoms. The second-order valence-corrected chi connectivity index (χ2v) is 3.37. The molecule has 0 aliphatic carbocycles. The predicted molar refractivity (Wildman–Crippen MR) is 45.5 cm³/mol. The summed E-state index contributed by atoms with van der Waals surface area (Å²) in [6.07, 6.45) is 1.54. The molecule has 0 aliphatic rings. The van der Waals surface area contributed by atoms with Crippen LogP contribution in [0.5, 0.6) is 0 Å². The molecule has 0 N–H and O–H groups in total. The minimum Gasteiger partial charge on any atom is -0.287 e. The molecule has 3 heteroatoms. The van der Waals surface area contributed by atoms with Crippen LogP contribution in [0.25, 0.3) is 0 Å². The third kappa shape index (κ3) is 1.95. The fourth-order valence-corrected chi connectivity index (χ4v) is 0.958. The van der Waals surface area contributed by atoms with Crippen LogP contribution >= 0.6 is 23.2 Å². The summed E-state index contributed by atoms with van der Waals surface area (Å²) in [6, 6.07) is 8.67. The van der Waals surface area contributed by atoms with Crippen molar-refractivity contribution in [1.82, 2.24) is 0 Å². The van der Waals surface area contributed by atoms with Crippen LogP contribution < -0.4 is 0 Å². The summed E-state index contributed by atoms with van der Waals surface area (Å²) >= 11 is 11.2. The minimum atomic E-state index is -1.53. The Labute approximate surface area is 74.9 Å². The highest BCUT2D eigenvalue weighted by Crippen LogP contribution is 2.30. The second kappa shape index (κ2) is 3.24. The van der Waals surface area contributed by atoms with E-state index in [9.17, 15) is 4.79 Å². The summed E-state index contributed by atoms with van der Waals surface area (Å²) in [5.41, 5.74) is 0.540. The summed E-state index contributed by atoms with van der Waals surface area (Å²) in [5.74, 6) is 0. The zero-order valence-electron chi connectivity index (χ0n) is 5.55. The molecule has 0 saturated carbocycles. The van der Waals surface area contributed by atoms with E-state index in [2.05, 4.69) is 0 Å². The summed E-state index contributed by atoms with van der Waals surface area (Å²) in [7, 11) is 0. The Morgan fingerprint density at radius 3 is 2.18 bits per heavy atom. The molecule has 57 valence electrons. The molecule has 0 amide bonds. The lowest BCUT2D eigenvalue weighted by atomic mass is 10.2. The Bertz CT molecular complexity index is 244. The first-order valence-electron chi connectivity index (χ1n) is 2.99. The van der Waals surface area contributed by atoms with E-state index < -0.39 is 4.33 Å². The largest absolute Gasteiger partial charge is 0.287 e. The molecule has 1 radical (unpaired) electrons. The molecule has 1 aromatic carbocycles. The molecule has 0 heterocycles. The Hall–Kier alpha value is -0.530. The van der Waals surface area contributed by atoms with Crippen LogP contribution in [-0.2, 0) is 9.13 Å². The van der Waals surface area contributed by atoms with Crippen molar-refractivity contribution in [2.45, 2.75) is 4.33 Å². The number of benzene rings is 1.